The summed E-state index contributed by atoms with van der Waals surface area (Å²) in [6.07, 6.45) is -4.46. The lowest BCUT2D eigenvalue weighted by atomic mass is 10.1. The van der Waals surface area contributed by atoms with Gasteiger partial charge >= 0.3 is 6.18 Å². The number of primary amides is 1. The predicted molar refractivity (Wildman–Crippen MR) is 51.2 cm³/mol. The van der Waals surface area contributed by atoms with E-state index in [9.17, 15) is 18.0 Å². The van der Waals surface area contributed by atoms with E-state index in [1.807, 2.05) is 0 Å². The minimum atomic E-state index is -4.10. The molecule has 0 bridgehead atoms. The van der Waals surface area contributed by atoms with Crippen LogP contribution in [0.5, 0.6) is 0 Å². The highest BCUT2D eigenvalue weighted by Gasteiger charge is 2.26. The number of rotatable bonds is 6. The fourth-order valence-electron chi connectivity index (χ4n) is 1.20. The molecule has 0 aliphatic heterocycles. The number of halogens is 3. The monoisotopic (exact) mass is 226 g/mol. The van der Waals surface area contributed by atoms with Crippen molar-refractivity contribution in [1.82, 2.24) is 5.32 Å². The normalized spacial score (nSPS) is 16.1. The largest absolute Gasteiger partial charge is 0.389 e. The van der Waals surface area contributed by atoms with Crippen LogP contribution >= 0.6 is 0 Å². The lowest BCUT2D eigenvalue weighted by Crippen LogP contribution is -2.43. The molecule has 1 amide bonds. The predicted octanol–water partition coefficient (Wildman–Crippen LogP) is 1.57. The summed E-state index contributed by atoms with van der Waals surface area (Å²) >= 11 is 0. The number of hydrogen-bond acceptors (Lipinski definition) is 2. The fraction of sp³-hybridized carbons (Fsp3) is 0.889. The first-order valence-electron chi connectivity index (χ1n) is 4.84. The minimum Gasteiger partial charge on any atom is -0.368 e. The van der Waals surface area contributed by atoms with Crippen molar-refractivity contribution in [1.29, 1.82) is 0 Å². The molecule has 0 fully saturated rings. The summed E-state index contributed by atoms with van der Waals surface area (Å²) in [5, 5.41) is 2.82. The maximum atomic E-state index is 11.8. The molecular weight excluding hydrogens is 209 g/mol. The molecule has 3 nitrogen and oxygen atoms in total. The number of carbonyl (C=O) groups is 1. The molecule has 0 aromatic rings. The number of nitrogens with two attached hydrogens (primary N) is 1. The molecule has 15 heavy (non-hydrogen) atoms. The van der Waals surface area contributed by atoms with Crippen molar-refractivity contribution in [3.8, 4) is 0 Å². The molecular formula is C9H17F3N2O. The lowest BCUT2D eigenvalue weighted by Gasteiger charge is -2.17. The van der Waals surface area contributed by atoms with Crippen LogP contribution in [0.3, 0.4) is 0 Å². The fourth-order valence-corrected chi connectivity index (χ4v) is 1.20. The number of amides is 1. The average molecular weight is 226 g/mol. The Morgan fingerprint density at radius 3 is 2.33 bits per heavy atom. The molecule has 0 aliphatic rings. The Morgan fingerprint density at radius 1 is 1.40 bits per heavy atom. The molecule has 0 aromatic heterocycles. The second-order valence-corrected chi connectivity index (χ2v) is 3.70. The zero-order chi connectivity index (χ0) is 12.1. The summed E-state index contributed by atoms with van der Waals surface area (Å²) in [6, 6.07) is -0.652. The van der Waals surface area contributed by atoms with Crippen LogP contribution in [-0.4, -0.2) is 24.2 Å². The second kappa shape index (κ2) is 5.95. The summed E-state index contributed by atoms with van der Waals surface area (Å²) < 4.78 is 35.4. The summed E-state index contributed by atoms with van der Waals surface area (Å²) in [6.45, 7) is 3.32. The highest BCUT2D eigenvalue weighted by molar-refractivity contribution is 5.79. The minimum absolute atomic E-state index is 0.0587. The van der Waals surface area contributed by atoms with Crippen LogP contribution in [0.4, 0.5) is 13.2 Å². The highest BCUT2D eigenvalue weighted by atomic mass is 19.4. The zero-order valence-electron chi connectivity index (χ0n) is 8.90. The standard InChI is InChI=1S/C9H17F3N2O/c1-6(14-7(2)8(13)15)4-3-5-9(10,11)12/h6-7,14H,3-5H2,1-2H3,(H2,13,15). The Labute approximate surface area is 87.2 Å². The Kier molecular flexibility index (Phi) is 5.64. The molecule has 0 radical (unpaired) electrons. The van der Waals surface area contributed by atoms with Crippen molar-refractivity contribution in [2.45, 2.75) is 51.4 Å². The maximum absolute atomic E-state index is 11.8. The van der Waals surface area contributed by atoms with Gasteiger partial charge in [0.25, 0.3) is 0 Å². The van der Waals surface area contributed by atoms with Gasteiger partial charge in [-0.25, -0.2) is 0 Å². The van der Waals surface area contributed by atoms with Gasteiger partial charge in [-0.1, -0.05) is 0 Å². The van der Waals surface area contributed by atoms with E-state index in [4.69, 9.17) is 5.73 Å². The van der Waals surface area contributed by atoms with Gasteiger partial charge in [0.15, 0.2) is 0 Å². The number of nitrogens with one attached hydrogen (secondary N) is 1. The van der Waals surface area contributed by atoms with Crippen LogP contribution in [0.25, 0.3) is 0 Å². The lowest BCUT2D eigenvalue weighted by molar-refractivity contribution is -0.136. The van der Waals surface area contributed by atoms with Gasteiger partial charge < -0.3 is 11.1 Å². The Morgan fingerprint density at radius 2 is 1.93 bits per heavy atom. The molecule has 0 heterocycles. The van der Waals surface area contributed by atoms with Gasteiger partial charge in [0.2, 0.25) is 5.91 Å². The van der Waals surface area contributed by atoms with Crippen molar-refractivity contribution in [3.63, 3.8) is 0 Å². The summed E-state index contributed by atoms with van der Waals surface area (Å²) in [5.41, 5.74) is 5.00. The smallest absolute Gasteiger partial charge is 0.368 e. The molecule has 0 spiro atoms. The quantitative estimate of drug-likeness (QED) is 0.722. The van der Waals surface area contributed by atoms with E-state index in [-0.39, 0.29) is 12.5 Å². The van der Waals surface area contributed by atoms with Crippen LogP contribution in [0.1, 0.15) is 33.1 Å². The van der Waals surface area contributed by atoms with E-state index in [1.54, 1.807) is 13.8 Å². The number of hydrogen-bond donors (Lipinski definition) is 2. The molecule has 0 saturated heterocycles. The molecule has 2 unspecified atom stereocenters. The number of carbonyl (C=O) groups excluding carboxylic acids is 1. The third-order valence-electron chi connectivity index (χ3n) is 2.06. The first kappa shape index (κ1) is 14.2. The van der Waals surface area contributed by atoms with Crippen LogP contribution in [0.2, 0.25) is 0 Å². The van der Waals surface area contributed by atoms with Gasteiger partial charge in [-0.3, -0.25) is 4.79 Å². The van der Waals surface area contributed by atoms with Crippen LogP contribution < -0.4 is 11.1 Å². The molecule has 3 N–H and O–H groups in total. The van der Waals surface area contributed by atoms with E-state index in [1.165, 1.54) is 0 Å². The third kappa shape index (κ3) is 8.23. The Bertz CT molecular complexity index is 206. The van der Waals surface area contributed by atoms with Gasteiger partial charge in [-0.15, -0.1) is 0 Å². The SMILES string of the molecule is CC(CCCC(F)(F)F)NC(C)C(N)=O. The summed E-state index contributed by atoms with van der Waals surface area (Å²) in [7, 11) is 0. The molecule has 6 heteroatoms. The Balaban J connectivity index is 3.67. The van der Waals surface area contributed by atoms with Gasteiger partial charge in [-0.2, -0.15) is 13.2 Å². The van der Waals surface area contributed by atoms with E-state index in [0.717, 1.165) is 0 Å². The topological polar surface area (TPSA) is 55.1 Å². The van der Waals surface area contributed by atoms with E-state index in [0.29, 0.717) is 6.42 Å². The van der Waals surface area contributed by atoms with Gasteiger partial charge in [0, 0.05) is 12.5 Å². The van der Waals surface area contributed by atoms with Crippen molar-refractivity contribution in [2.75, 3.05) is 0 Å². The first-order valence-corrected chi connectivity index (χ1v) is 4.84. The number of alkyl halides is 3. The molecule has 2 atom stereocenters. The van der Waals surface area contributed by atoms with E-state index >= 15 is 0 Å². The van der Waals surface area contributed by atoms with Crippen molar-refractivity contribution in [2.24, 2.45) is 5.73 Å². The van der Waals surface area contributed by atoms with Gasteiger partial charge in [0.1, 0.15) is 0 Å². The third-order valence-corrected chi connectivity index (χ3v) is 2.06. The van der Waals surface area contributed by atoms with E-state index < -0.39 is 24.5 Å². The maximum Gasteiger partial charge on any atom is 0.389 e. The first-order chi connectivity index (χ1) is 6.72. The molecule has 0 aliphatic carbocycles. The Hall–Kier alpha value is -0.780. The van der Waals surface area contributed by atoms with Gasteiger partial charge in [0.05, 0.1) is 6.04 Å². The van der Waals surface area contributed by atoms with E-state index in [2.05, 4.69) is 5.32 Å². The van der Waals surface area contributed by atoms with Crippen molar-refractivity contribution >= 4 is 5.91 Å². The van der Waals surface area contributed by atoms with Gasteiger partial charge in [-0.05, 0) is 26.7 Å². The molecule has 0 rings (SSSR count). The molecule has 0 aromatic carbocycles. The molecule has 90 valence electrons. The zero-order valence-corrected chi connectivity index (χ0v) is 8.90. The summed E-state index contributed by atoms with van der Waals surface area (Å²) in [5.74, 6) is -0.502. The van der Waals surface area contributed by atoms with Crippen LogP contribution in [0, 0.1) is 0 Å². The summed E-state index contributed by atoms with van der Waals surface area (Å²) in [4.78, 5) is 10.6. The van der Waals surface area contributed by atoms with Crippen molar-refractivity contribution < 1.29 is 18.0 Å². The van der Waals surface area contributed by atoms with Crippen molar-refractivity contribution in [3.05, 3.63) is 0 Å². The van der Waals surface area contributed by atoms with Crippen LogP contribution in [-0.2, 0) is 4.79 Å². The highest BCUT2D eigenvalue weighted by Crippen LogP contribution is 2.22. The average Bonchev–Trinajstić information content (AvgIpc) is 2.01. The second-order valence-electron chi connectivity index (χ2n) is 3.70. The van der Waals surface area contributed by atoms with Crippen LogP contribution in [0.15, 0.2) is 0 Å². The molecule has 0 saturated carbocycles.